The average molecular weight is 259 g/mol. The zero-order valence-electron chi connectivity index (χ0n) is 11.2. The molecule has 3 rings (SSSR count). The third-order valence-electron chi connectivity index (χ3n) is 4.38. The lowest BCUT2D eigenvalue weighted by Crippen LogP contribution is -2.34. The van der Waals surface area contributed by atoms with E-state index in [1.165, 1.54) is 23.8 Å². The number of para-hydroxylation sites is 1. The number of hydrogen-bond donors (Lipinski definition) is 2. The van der Waals surface area contributed by atoms with E-state index < -0.39 is 0 Å². The molecule has 1 aromatic heterocycles. The third-order valence-corrected chi connectivity index (χ3v) is 4.38. The highest BCUT2D eigenvalue weighted by Crippen LogP contribution is 2.37. The average Bonchev–Trinajstić information content (AvgIpc) is 3.07. The van der Waals surface area contributed by atoms with Gasteiger partial charge in [0.1, 0.15) is 5.58 Å². The van der Waals surface area contributed by atoms with Gasteiger partial charge in [0.05, 0.1) is 6.26 Å². The van der Waals surface area contributed by atoms with E-state index in [1.54, 1.807) is 0 Å². The molecular weight excluding hydrogens is 238 g/mol. The van der Waals surface area contributed by atoms with Crippen molar-refractivity contribution in [3.63, 3.8) is 0 Å². The standard InChI is InChI=1S/C16H21NO2/c18-12-16(7-3-4-8-16)11-17-9-13-10-19-15-6-2-1-5-14(13)15/h1-2,5-6,10,17-18H,3-4,7-9,11-12H2. The van der Waals surface area contributed by atoms with Crippen LogP contribution in [0.15, 0.2) is 34.9 Å². The summed E-state index contributed by atoms with van der Waals surface area (Å²) in [5, 5.41) is 14.3. The SMILES string of the molecule is OCC1(CNCc2coc3ccccc23)CCCC1. The van der Waals surface area contributed by atoms with E-state index in [0.717, 1.165) is 31.5 Å². The van der Waals surface area contributed by atoms with Crippen LogP contribution in [-0.2, 0) is 6.54 Å². The van der Waals surface area contributed by atoms with E-state index in [0.29, 0.717) is 6.61 Å². The lowest BCUT2D eigenvalue weighted by atomic mass is 9.87. The molecule has 0 bridgehead atoms. The van der Waals surface area contributed by atoms with Crippen LogP contribution < -0.4 is 5.32 Å². The predicted octanol–water partition coefficient (Wildman–Crippen LogP) is 3.08. The van der Waals surface area contributed by atoms with E-state index in [9.17, 15) is 5.11 Å². The molecule has 0 atom stereocenters. The van der Waals surface area contributed by atoms with Crippen molar-refractivity contribution in [3.05, 3.63) is 36.1 Å². The fraction of sp³-hybridized carbons (Fsp3) is 0.500. The minimum Gasteiger partial charge on any atom is -0.464 e. The number of furan rings is 1. The molecule has 1 aliphatic carbocycles. The minimum atomic E-state index is 0.111. The highest BCUT2D eigenvalue weighted by Gasteiger charge is 2.32. The Labute approximate surface area is 113 Å². The summed E-state index contributed by atoms with van der Waals surface area (Å²) < 4.78 is 5.53. The first-order valence-electron chi connectivity index (χ1n) is 7.10. The molecule has 0 radical (unpaired) electrons. The highest BCUT2D eigenvalue weighted by molar-refractivity contribution is 5.80. The molecule has 1 heterocycles. The largest absolute Gasteiger partial charge is 0.464 e. The van der Waals surface area contributed by atoms with Gasteiger partial charge in [0.2, 0.25) is 0 Å². The Balaban J connectivity index is 1.63. The molecule has 1 aromatic carbocycles. The molecule has 2 N–H and O–H groups in total. The van der Waals surface area contributed by atoms with Crippen molar-refractivity contribution < 1.29 is 9.52 Å². The molecule has 0 spiro atoms. The Morgan fingerprint density at radius 2 is 2.00 bits per heavy atom. The van der Waals surface area contributed by atoms with Crippen molar-refractivity contribution in [3.8, 4) is 0 Å². The summed E-state index contributed by atoms with van der Waals surface area (Å²) in [6, 6.07) is 8.11. The van der Waals surface area contributed by atoms with Crippen LogP contribution in [0.4, 0.5) is 0 Å². The van der Waals surface area contributed by atoms with Gasteiger partial charge in [-0.2, -0.15) is 0 Å². The Hall–Kier alpha value is -1.32. The van der Waals surface area contributed by atoms with Gasteiger partial charge in [-0.05, 0) is 18.9 Å². The molecule has 0 unspecified atom stereocenters. The maximum Gasteiger partial charge on any atom is 0.134 e. The molecule has 0 amide bonds. The summed E-state index contributed by atoms with van der Waals surface area (Å²) in [6.45, 7) is 1.99. The van der Waals surface area contributed by atoms with Crippen LogP contribution in [0, 0.1) is 5.41 Å². The van der Waals surface area contributed by atoms with Gasteiger partial charge < -0.3 is 14.8 Å². The number of nitrogens with one attached hydrogen (secondary N) is 1. The van der Waals surface area contributed by atoms with E-state index in [-0.39, 0.29) is 5.41 Å². The third kappa shape index (κ3) is 2.53. The summed E-state index contributed by atoms with van der Waals surface area (Å²) in [4.78, 5) is 0. The van der Waals surface area contributed by atoms with Crippen LogP contribution in [0.1, 0.15) is 31.2 Å². The molecule has 0 aliphatic heterocycles. The van der Waals surface area contributed by atoms with Crippen molar-refractivity contribution >= 4 is 11.0 Å². The van der Waals surface area contributed by atoms with Gasteiger partial charge in [-0.15, -0.1) is 0 Å². The van der Waals surface area contributed by atoms with Gasteiger partial charge in [-0.3, -0.25) is 0 Å². The van der Waals surface area contributed by atoms with Crippen LogP contribution in [-0.4, -0.2) is 18.3 Å². The molecule has 2 aromatic rings. The predicted molar refractivity (Wildman–Crippen MR) is 75.9 cm³/mol. The van der Waals surface area contributed by atoms with Crippen LogP contribution in [0.2, 0.25) is 0 Å². The fourth-order valence-electron chi connectivity index (χ4n) is 3.15. The maximum absolute atomic E-state index is 9.59. The molecule has 3 heteroatoms. The van der Waals surface area contributed by atoms with Crippen LogP contribution in [0.25, 0.3) is 11.0 Å². The zero-order valence-corrected chi connectivity index (χ0v) is 11.2. The van der Waals surface area contributed by atoms with E-state index >= 15 is 0 Å². The monoisotopic (exact) mass is 259 g/mol. The summed E-state index contributed by atoms with van der Waals surface area (Å²) >= 11 is 0. The highest BCUT2D eigenvalue weighted by atomic mass is 16.3. The summed E-state index contributed by atoms with van der Waals surface area (Å²) in [7, 11) is 0. The molecule has 102 valence electrons. The number of fused-ring (bicyclic) bond motifs is 1. The van der Waals surface area contributed by atoms with Crippen LogP contribution >= 0.6 is 0 Å². The van der Waals surface area contributed by atoms with Gasteiger partial charge in [-0.1, -0.05) is 31.0 Å². The number of aliphatic hydroxyl groups is 1. The second kappa shape index (κ2) is 5.35. The second-order valence-corrected chi connectivity index (χ2v) is 5.73. The lowest BCUT2D eigenvalue weighted by molar-refractivity contribution is 0.128. The van der Waals surface area contributed by atoms with Crippen molar-refractivity contribution in [2.75, 3.05) is 13.2 Å². The Morgan fingerprint density at radius 3 is 2.79 bits per heavy atom. The van der Waals surface area contributed by atoms with Crippen LogP contribution in [0.3, 0.4) is 0 Å². The van der Waals surface area contributed by atoms with E-state index in [1.807, 2.05) is 24.5 Å². The number of benzene rings is 1. The van der Waals surface area contributed by atoms with Gasteiger partial charge >= 0.3 is 0 Å². The first kappa shape index (κ1) is 12.7. The molecule has 3 nitrogen and oxygen atoms in total. The van der Waals surface area contributed by atoms with Crippen LogP contribution in [0.5, 0.6) is 0 Å². The van der Waals surface area contributed by atoms with Gasteiger partial charge in [-0.25, -0.2) is 0 Å². The molecular formula is C16H21NO2. The first-order valence-corrected chi connectivity index (χ1v) is 7.10. The molecule has 1 fully saturated rings. The Kier molecular flexibility index (Phi) is 3.58. The normalized spacial score (nSPS) is 18.2. The van der Waals surface area contributed by atoms with Crippen molar-refractivity contribution in [2.24, 2.45) is 5.41 Å². The molecule has 0 saturated heterocycles. The maximum atomic E-state index is 9.59. The van der Waals surface area contributed by atoms with E-state index in [4.69, 9.17) is 4.42 Å². The fourth-order valence-corrected chi connectivity index (χ4v) is 3.15. The topological polar surface area (TPSA) is 45.4 Å². The molecule has 1 saturated carbocycles. The first-order chi connectivity index (χ1) is 9.33. The number of aliphatic hydroxyl groups excluding tert-OH is 1. The molecule has 19 heavy (non-hydrogen) atoms. The molecule has 1 aliphatic rings. The van der Waals surface area contributed by atoms with Crippen molar-refractivity contribution in [1.82, 2.24) is 5.32 Å². The smallest absolute Gasteiger partial charge is 0.134 e. The Bertz CT molecular complexity index is 540. The number of rotatable bonds is 5. The summed E-state index contributed by atoms with van der Waals surface area (Å²) in [6.07, 6.45) is 6.61. The van der Waals surface area contributed by atoms with Crippen molar-refractivity contribution in [2.45, 2.75) is 32.2 Å². The number of hydrogen-bond acceptors (Lipinski definition) is 3. The van der Waals surface area contributed by atoms with Gasteiger partial charge in [0, 0.05) is 36.1 Å². The Morgan fingerprint density at radius 1 is 1.21 bits per heavy atom. The zero-order chi connectivity index (χ0) is 13.1. The summed E-state index contributed by atoms with van der Waals surface area (Å²) in [5.41, 5.74) is 2.25. The van der Waals surface area contributed by atoms with Gasteiger partial charge in [0.15, 0.2) is 0 Å². The van der Waals surface area contributed by atoms with Gasteiger partial charge in [0.25, 0.3) is 0 Å². The van der Waals surface area contributed by atoms with Crippen molar-refractivity contribution in [1.29, 1.82) is 0 Å². The minimum absolute atomic E-state index is 0.111. The lowest BCUT2D eigenvalue weighted by Gasteiger charge is -2.26. The summed E-state index contributed by atoms with van der Waals surface area (Å²) in [5.74, 6) is 0. The van der Waals surface area contributed by atoms with E-state index in [2.05, 4.69) is 11.4 Å². The second-order valence-electron chi connectivity index (χ2n) is 5.73. The quantitative estimate of drug-likeness (QED) is 0.867.